The van der Waals surface area contributed by atoms with E-state index < -0.39 is 141 Å². The molecule has 0 aromatic carbocycles. The summed E-state index contributed by atoms with van der Waals surface area (Å²) in [5.41, 5.74) is 0.346. The topological polar surface area (TPSA) is 222 Å². The van der Waals surface area contributed by atoms with Crippen LogP contribution in [0.3, 0.4) is 0 Å². The second-order valence-corrected chi connectivity index (χ2v) is 95.0. The highest BCUT2D eigenvalue weighted by Crippen LogP contribution is 2.71. The van der Waals surface area contributed by atoms with E-state index in [1.54, 1.807) is 0 Å². The highest BCUT2D eigenvalue weighted by molar-refractivity contribution is 7.07. The van der Waals surface area contributed by atoms with Crippen LogP contribution in [-0.4, -0.2) is 141 Å². The number of unbranched alkanes of at least 4 members (excludes halogenated alkanes) is 7. The van der Waals surface area contributed by atoms with Crippen LogP contribution in [0.15, 0.2) is 0 Å². The SMILES string of the molecule is C(CCCCC[Si]12O[Si]3(C4CCCC4)O[Si]4(C5CCCC5)O[Si](C5CCCC5)(O1)O[Si]1(C5CCCC5)O[Si](C5CCCC5)(O2)O[Si](C2CCCC2)(O3)O[Si](C2CCCC2)(O4)O1)CCCC[Si]12O[Si]3(C4CCCC4)O[Si]4(C5CCCC5)O[Si](C5CCCC5)(O1)O[Si]1(C5CCCC5)O[Si](C5CCCC5)(O2)O[Si](C2CCCC2)(O3)O[Si](C2CCCC2)(O4)O1. The zero-order valence-electron chi connectivity index (χ0n) is 72.5. The van der Waals surface area contributed by atoms with Crippen LogP contribution in [0.25, 0.3) is 0 Å². The number of hydrogen-bond donors (Lipinski definition) is 0. The van der Waals surface area contributed by atoms with Gasteiger partial charge in [0.05, 0.1) is 0 Å². The van der Waals surface area contributed by atoms with E-state index in [1.165, 1.54) is 0 Å². The standard InChI is InChI=1S/C80H146O24Si16/c1(3-5-35-65-105-81-107(67-37-7-8-38-67)87-113(73-49-19-20-50-73)89-108(82-105,68-39-9-10-40-68)91-115(75-53-23-24-54-75)92-109(83-105,69-41-11-12-42-69)90-114(88-107,74-51-21-22-52-74)100-119(99-113,101-115)79-61-31-32-62-79)2-4-6-36-66-106-84-110(70-43-13-14-44-70)93-116(76-55-25-26-56-76)95-111(85-106,71-45-15-16-46-71)97-118(78-59-29-30-60-78)98-112(86-106,72-47-17-18-48-72)96-117(94-110,77-57-27-28-58-77)103-120(102-116,104-118)80-63-33-34-64-80/h67-80H,1-66H2. The molecule has 26 aliphatic rings. The molecule has 16 bridgehead atoms. The first-order valence-electron chi connectivity index (χ1n) is 51.5. The van der Waals surface area contributed by atoms with Crippen LogP contribution in [0.5, 0.6) is 0 Å². The fraction of sp³-hybridized carbons (Fsp3) is 1.00. The van der Waals surface area contributed by atoms with Crippen LogP contribution in [0.4, 0.5) is 0 Å². The monoisotopic (exact) mass is 1940 g/mol. The lowest BCUT2D eigenvalue weighted by atomic mass is 10.1. The Bertz CT molecular complexity index is 3030. The molecule has 0 aromatic heterocycles. The van der Waals surface area contributed by atoms with Crippen LogP contribution < -0.4 is 0 Å². The van der Waals surface area contributed by atoms with Crippen LogP contribution in [-0.2, 0) is 98.8 Å². The largest absolute Gasteiger partial charge is 0.482 e. The van der Waals surface area contributed by atoms with Gasteiger partial charge in [-0.3, -0.25) is 0 Å². The molecule has 0 amide bonds. The van der Waals surface area contributed by atoms with Crippen molar-refractivity contribution in [3.05, 3.63) is 0 Å². The van der Waals surface area contributed by atoms with Gasteiger partial charge in [-0.2, -0.15) is 0 Å². The Labute approximate surface area is 734 Å². The summed E-state index contributed by atoms with van der Waals surface area (Å²) < 4.78 is 210. The molecule has 40 heteroatoms. The minimum absolute atomic E-state index is 0.0129. The zero-order chi connectivity index (χ0) is 79.7. The highest BCUT2D eigenvalue weighted by atomic mass is 28.6. The van der Waals surface area contributed by atoms with E-state index in [1.807, 2.05) is 0 Å². The van der Waals surface area contributed by atoms with Gasteiger partial charge in [0.15, 0.2) is 0 Å². The Kier molecular flexibility index (Phi) is 23.6. The summed E-state index contributed by atoms with van der Waals surface area (Å²) in [7, 11) is -64.8. The lowest BCUT2D eigenvalue weighted by Gasteiger charge is -2.67. The molecule has 120 heavy (non-hydrogen) atoms. The van der Waals surface area contributed by atoms with E-state index in [0.717, 1.165) is 411 Å². The Morgan fingerprint density at radius 2 is 0.192 bits per heavy atom. The first-order chi connectivity index (χ1) is 58.7. The van der Waals surface area contributed by atoms with Crippen molar-refractivity contribution in [3.8, 4) is 0 Å². The summed E-state index contributed by atoms with van der Waals surface area (Å²) in [6.07, 6.45) is 65.9. The first kappa shape index (κ1) is 85.4. The van der Waals surface area contributed by atoms with Crippen molar-refractivity contribution in [2.24, 2.45) is 0 Å². The van der Waals surface area contributed by atoms with Gasteiger partial charge < -0.3 is 98.8 Å². The molecule has 12 saturated heterocycles. The van der Waals surface area contributed by atoms with Crippen LogP contribution in [0.1, 0.15) is 411 Å². The van der Waals surface area contributed by atoms with Crippen LogP contribution in [0.2, 0.25) is 89.7 Å². The van der Waals surface area contributed by atoms with Gasteiger partial charge in [-0.1, -0.05) is 218 Å². The summed E-state index contributed by atoms with van der Waals surface area (Å²) in [6.45, 7) is 0. The Morgan fingerprint density at radius 3 is 0.292 bits per heavy atom. The van der Waals surface area contributed by atoms with E-state index >= 15 is 0 Å². The maximum absolute atomic E-state index is 8.77. The maximum Gasteiger partial charge on any atom is 0.482 e. The predicted molar refractivity (Wildman–Crippen MR) is 476 cm³/mol. The van der Waals surface area contributed by atoms with Gasteiger partial charge in [-0.15, -0.1) is 0 Å². The first-order valence-corrected chi connectivity index (χ1v) is 80.6. The van der Waals surface area contributed by atoms with Crippen molar-refractivity contribution in [3.63, 3.8) is 0 Å². The van der Waals surface area contributed by atoms with E-state index in [2.05, 4.69) is 0 Å². The summed E-state index contributed by atoms with van der Waals surface area (Å²) in [5, 5.41) is 0. The van der Waals surface area contributed by atoms with Crippen LogP contribution in [0, 0.1) is 0 Å². The van der Waals surface area contributed by atoms with Gasteiger partial charge in [0, 0.05) is 89.7 Å². The van der Waals surface area contributed by atoms with Gasteiger partial charge in [-0.05, 0) is 193 Å². The van der Waals surface area contributed by atoms with Gasteiger partial charge in [-0.25, -0.2) is 0 Å². The van der Waals surface area contributed by atoms with Gasteiger partial charge >= 0.3 is 141 Å². The zero-order valence-corrected chi connectivity index (χ0v) is 88.5. The van der Waals surface area contributed by atoms with E-state index in [-0.39, 0.29) is 77.6 Å². The minimum atomic E-state index is -4.11. The summed E-state index contributed by atoms with van der Waals surface area (Å²) >= 11 is 0. The summed E-state index contributed by atoms with van der Waals surface area (Å²) in [5.74, 6) is 0. The summed E-state index contributed by atoms with van der Waals surface area (Å²) in [4.78, 5) is 0. The highest BCUT2D eigenvalue weighted by Gasteiger charge is 2.92. The third-order valence-corrected chi connectivity index (χ3v) is 115. The van der Waals surface area contributed by atoms with E-state index in [4.69, 9.17) is 98.8 Å². The van der Waals surface area contributed by atoms with Crippen molar-refractivity contribution in [1.82, 2.24) is 0 Å². The van der Waals surface area contributed by atoms with Crippen molar-refractivity contribution >= 4 is 141 Å². The Balaban J connectivity index is 0.561. The fourth-order valence-electron chi connectivity index (χ4n) is 29.3. The smallest absolute Gasteiger partial charge is 0.373 e. The molecule has 12 aliphatic heterocycles. The van der Waals surface area contributed by atoms with Crippen molar-refractivity contribution in [2.75, 3.05) is 0 Å². The molecule has 14 saturated carbocycles. The maximum atomic E-state index is 8.77. The molecule has 26 fully saturated rings. The molecule has 0 N–H and O–H groups in total. The molecule has 0 unspecified atom stereocenters. The average molecular weight is 1940 g/mol. The van der Waals surface area contributed by atoms with Crippen molar-refractivity contribution in [1.29, 1.82) is 0 Å². The molecule has 0 spiro atoms. The third-order valence-electron chi connectivity index (χ3n) is 35.6. The van der Waals surface area contributed by atoms with Crippen molar-refractivity contribution < 1.29 is 98.8 Å². The lowest BCUT2D eigenvalue weighted by Crippen LogP contribution is -2.90. The lowest BCUT2D eigenvalue weighted by molar-refractivity contribution is -0.0503. The average Bonchev–Trinajstić information content (AvgIpc) is 1.17. The second-order valence-electron chi connectivity index (χ2n) is 43.3. The van der Waals surface area contributed by atoms with Gasteiger partial charge in [0.2, 0.25) is 0 Å². The van der Waals surface area contributed by atoms with Crippen LogP contribution >= 0.6 is 0 Å². The molecule has 0 aromatic rings. The third kappa shape index (κ3) is 14.6. The summed E-state index contributed by atoms with van der Waals surface area (Å²) in [6, 6.07) is 1.22. The number of hydrogen-bond acceptors (Lipinski definition) is 24. The van der Waals surface area contributed by atoms with Crippen molar-refractivity contribution in [2.45, 2.75) is 501 Å². The fourth-order valence-corrected chi connectivity index (χ4v) is 142. The normalized spacial score (nSPS) is 48.9. The molecule has 0 radical (unpaired) electrons. The molecular weight excluding hydrogens is 1790 g/mol. The molecule has 14 aliphatic carbocycles. The Morgan fingerprint density at radius 1 is 0.108 bits per heavy atom. The predicted octanol–water partition coefficient (Wildman–Crippen LogP) is 22.9. The quantitative estimate of drug-likeness (QED) is 0.0612. The molecule has 12 heterocycles. The van der Waals surface area contributed by atoms with E-state index in [9.17, 15) is 0 Å². The Hall–Kier alpha value is 2.51. The molecule has 24 nitrogen and oxygen atoms in total. The molecule has 26 rings (SSSR count). The second kappa shape index (κ2) is 33.2. The van der Waals surface area contributed by atoms with Gasteiger partial charge in [0.1, 0.15) is 0 Å². The molecular formula is C80H146O24Si16. The van der Waals surface area contributed by atoms with E-state index in [0.29, 0.717) is 12.1 Å². The minimum Gasteiger partial charge on any atom is -0.373 e. The molecule has 0 atom stereocenters. The van der Waals surface area contributed by atoms with Gasteiger partial charge in [0.25, 0.3) is 0 Å². The molecule has 674 valence electrons. The number of rotatable bonds is 25.